The van der Waals surface area contributed by atoms with Crippen molar-refractivity contribution in [2.75, 3.05) is 0 Å². The highest BCUT2D eigenvalue weighted by molar-refractivity contribution is 6.31. The van der Waals surface area contributed by atoms with Crippen LogP contribution in [-0.2, 0) is 7.05 Å². The first-order valence-corrected chi connectivity index (χ1v) is 5.88. The van der Waals surface area contributed by atoms with Crippen LogP contribution in [0.5, 0.6) is 0 Å². The van der Waals surface area contributed by atoms with Gasteiger partial charge in [0.05, 0.1) is 23.0 Å². The molecule has 0 spiro atoms. The van der Waals surface area contributed by atoms with Crippen LogP contribution >= 0.6 is 23.2 Å². The van der Waals surface area contributed by atoms with Crippen molar-refractivity contribution in [2.24, 2.45) is 12.9 Å². The van der Waals surface area contributed by atoms with E-state index in [4.69, 9.17) is 29.0 Å². The summed E-state index contributed by atoms with van der Waals surface area (Å²) in [6.07, 6.45) is 1.48. The minimum Gasteiger partial charge on any atom is -0.271 e. The fourth-order valence-electron chi connectivity index (χ4n) is 1.80. The van der Waals surface area contributed by atoms with Gasteiger partial charge in [0.2, 0.25) is 0 Å². The van der Waals surface area contributed by atoms with E-state index in [0.29, 0.717) is 21.3 Å². The Balaban J connectivity index is 2.52. The molecule has 0 aliphatic carbocycles. The van der Waals surface area contributed by atoms with E-state index in [1.807, 2.05) is 0 Å². The van der Waals surface area contributed by atoms with Gasteiger partial charge >= 0.3 is 0 Å². The standard InChI is InChI=1S/C11H11Cl2FN4/c1-18-11(8(13)5-16-18)10(17-15)7-3-2-6(12)4-9(7)14/h2-5,10,17H,15H2,1H3. The van der Waals surface area contributed by atoms with E-state index >= 15 is 0 Å². The second-order valence-electron chi connectivity index (χ2n) is 3.77. The van der Waals surface area contributed by atoms with E-state index in [1.165, 1.54) is 12.3 Å². The number of rotatable bonds is 3. The number of aryl methyl sites for hydroxylation is 1. The zero-order chi connectivity index (χ0) is 13.3. The highest BCUT2D eigenvalue weighted by atomic mass is 35.5. The normalized spacial score (nSPS) is 12.7. The van der Waals surface area contributed by atoms with Gasteiger partial charge in [0.25, 0.3) is 0 Å². The van der Waals surface area contributed by atoms with Crippen molar-refractivity contribution in [3.8, 4) is 0 Å². The van der Waals surface area contributed by atoms with Gasteiger partial charge in [-0.15, -0.1) is 0 Å². The van der Waals surface area contributed by atoms with E-state index in [0.717, 1.165) is 0 Å². The number of halogens is 3. The van der Waals surface area contributed by atoms with Crippen molar-refractivity contribution in [2.45, 2.75) is 6.04 Å². The lowest BCUT2D eigenvalue weighted by molar-refractivity contribution is 0.533. The van der Waals surface area contributed by atoms with Crippen LogP contribution in [0.15, 0.2) is 24.4 Å². The summed E-state index contributed by atoms with van der Waals surface area (Å²) in [6, 6.07) is 3.79. The third-order valence-corrected chi connectivity index (χ3v) is 3.18. The first-order valence-electron chi connectivity index (χ1n) is 5.13. The number of hydrogen-bond acceptors (Lipinski definition) is 3. The molecule has 4 nitrogen and oxygen atoms in total. The summed E-state index contributed by atoms with van der Waals surface area (Å²) < 4.78 is 15.4. The maximum Gasteiger partial charge on any atom is 0.129 e. The fourth-order valence-corrected chi connectivity index (χ4v) is 2.23. The molecule has 0 aliphatic rings. The molecule has 1 unspecified atom stereocenters. The third-order valence-electron chi connectivity index (χ3n) is 2.65. The first-order chi connectivity index (χ1) is 8.54. The quantitative estimate of drug-likeness (QED) is 0.674. The second kappa shape index (κ2) is 5.24. The van der Waals surface area contributed by atoms with Gasteiger partial charge < -0.3 is 0 Å². The number of benzene rings is 1. The fraction of sp³-hybridized carbons (Fsp3) is 0.182. The topological polar surface area (TPSA) is 55.9 Å². The molecule has 1 heterocycles. The smallest absolute Gasteiger partial charge is 0.129 e. The van der Waals surface area contributed by atoms with E-state index in [2.05, 4.69) is 10.5 Å². The van der Waals surface area contributed by atoms with Crippen LogP contribution in [0.1, 0.15) is 17.3 Å². The Hall–Kier alpha value is -1.14. The molecule has 2 rings (SSSR count). The van der Waals surface area contributed by atoms with Crippen LogP contribution in [0, 0.1) is 5.82 Å². The summed E-state index contributed by atoms with van der Waals surface area (Å²) in [7, 11) is 1.71. The zero-order valence-corrected chi connectivity index (χ0v) is 11.0. The molecule has 1 aromatic heterocycles. The summed E-state index contributed by atoms with van der Waals surface area (Å²) in [6.45, 7) is 0. The Morgan fingerprint density at radius 1 is 1.44 bits per heavy atom. The second-order valence-corrected chi connectivity index (χ2v) is 4.61. The molecular formula is C11H11Cl2FN4. The van der Waals surface area contributed by atoms with Crippen molar-refractivity contribution in [3.63, 3.8) is 0 Å². The molecular weight excluding hydrogens is 278 g/mol. The lowest BCUT2D eigenvalue weighted by Crippen LogP contribution is -2.31. The Morgan fingerprint density at radius 3 is 2.67 bits per heavy atom. The number of nitrogens with one attached hydrogen (secondary N) is 1. The van der Waals surface area contributed by atoms with Crippen LogP contribution in [-0.4, -0.2) is 9.78 Å². The van der Waals surface area contributed by atoms with Gasteiger partial charge in [-0.1, -0.05) is 29.3 Å². The average Bonchev–Trinajstić information content (AvgIpc) is 2.64. The lowest BCUT2D eigenvalue weighted by Gasteiger charge is -2.18. The number of aromatic nitrogens is 2. The molecule has 3 N–H and O–H groups in total. The van der Waals surface area contributed by atoms with Crippen molar-refractivity contribution in [1.29, 1.82) is 0 Å². The van der Waals surface area contributed by atoms with Crippen LogP contribution in [0.25, 0.3) is 0 Å². The van der Waals surface area contributed by atoms with Gasteiger partial charge in [0.1, 0.15) is 5.82 Å². The van der Waals surface area contributed by atoms with Crippen LogP contribution < -0.4 is 11.3 Å². The SMILES string of the molecule is Cn1ncc(Cl)c1C(NN)c1ccc(Cl)cc1F. The number of nitrogens with two attached hydrogens (primary N) is 1. The molecule has 0 amide bonds. The largest absolute Gasteiger partial charge is 0.271 e. The predicted molar refractivity (Wildman–Crippen MR) is 68.8 cm³/mol. The number of nitrogens with zero attached hydrogens (tertiary/aromatic N) is 2. The molecule has 0 aliphatic heterocycles. The molecule has 0 fully saturated rings. The molecule has 2 aromatic rings. The van der Waals surface area contributed by atoms with Crippen molar-refractivity contribution < 1.29 is 4.39 Å². The summed E-state index contributed by atoms with van der Waals surface area (Å²) in [4.78, 5) is 0. The van der Waals surface area contributed by atoms with Crippen molar-refractivity contribution >= 4 is 23.2 Å². The van der Waals surface area contributed by atoms with Crippen LogP contribution in [0.3, 0.4) is 0 Å². The van der Waals surface area contributed by atoms with Gasteiger partial charge in [-0.2, -0.15) is 5.10 Å². The highest BCUT2D eigenvalue weighted by Gasteiger charge is 2.22. The minimum absolute atomic E-state index is 0.322. The van der Waals surface area contributed by atoms with Crippen LogP contribution in [0.2, 0.25) is 10.0 Å². The predicted octanol–water partition coefficient (Wildman–Crippen LogP) is 2.42. The number of hydrazine groups is 1. The maximum atomic E-state index is 13.9. The van der Waals surface area contributed by atoms with E-state index < -0.39 is 11.9 Å². The Kier molecular flexibility index (Phi) is 3.87. The Labute approximate surface area is 113 Å². The Bertz CT molecular complexity index is 551. The van der Waals surface area contributed by atoms with E-state index in [1.54, 1.807) is 23.9 Å². The van der Waals surface area contributed by atoms with Gasteiger partial charge in [0.15, 0.2) is 0 Å². The van der Waals surface area contributed by atoms with Crippen molar-refractivity contribution in [3.05, 3.63) is 51.5 Å². The zero-order valence-electron chi connectivity index (χ0n) is 9.49. The molecule has 18 heavy (non-hydrogen) atoms. The molecule has 0 saturated heterocycles. The average molecular weight is 289 g/mol. The summed E-state index contributed by atoms with van der Waals surface area (Å²) in [5.74, 6) is 5.04. The number of hydrogen-bond donors (Lipinski definition) is 2. The molecule has 96 valence electrons. The minimum atomic E-state index is -0.595. The molecule has 0 radical (unpaired) electrons. The summed E-state index contributed by atoms with van der Waals surface area (Å²) >= 11 is 11.7. The lowest BCUT2D eigenvalue weighted by atomic mass is 10.0. The highest BCUT2D eigenvalue weighted by Crippen LogP contribution is 2.29. The summed E-state index contributed by atoms with van der Waals surface area (Å²) in [5.41, 5.74) is 3.47. The van der Waals surface area contributed by atoms with E-state index in [9.17, 15) is 4.39 Å². The molecule has 1 atom stereocenters. The summed E-state index contributed by atoms with van der Waals surface area (Å²) in [5, 5.41) is 4.73. The van der Waals surface area contributed by atoms with Gasteiger partial charge in [-0.3, -0.25) is 10.5 Å². The molecule has 1 aromatic carbocycles. The molecule has 0 saturated carbocycles. The van der Waals surface area contributed by atoms with Gasteiger partial charge in [-0.05, 0) is 12.1 Å². The van der Waals surface area contributed by atoms with E-state index in [-0.39, 0.29) is 0 Å². The molecule has 0 bridgehead atoms. The third kappa shape index (κ3) is 2.35. The molecule has 7 heteroatoms. The monoisotopic (exact) mass is 288 g/mol. The van der Waals surface area contributed by atoms with Crippen molar-refractivity contribution in [1.82, 2.24) is 15.2 Å². The van der Waals surface area contributed by atoms with Gasteiger partial charge in [-0.25, -0.2) is 9.82 Å². The maximum absolute atomic E-state index is 13.9. The van der Waals surface area contributed by atoms with Crippen LogP contribution in [0.4, 0.5) is 4.39 Å². The van der Waals surface area contributed by atoms with Gasteiger partial charge in [0, 0.05) is 17.6 Å². The first kappa shape index (κ1) is 13.3. The Morgan fingerprint density at radius 2 is 2.17 bits per heavy atom.